The summed E-state index contributed by atoms with van der Waals surface area (Å²) in [6.45, 7) is 2.95. The number of hydrogen-bond donors (Lipinski definition) is 1. The molecule has 1 aromatic heterocycles. The first-order chi connectivity index (χ1) is 15.1. The molecule has 1 N–H and O–H groups in total. The minimum absolute atomic E-state index is 0.138. The summed E-state index contributed by atoms with van der Waals surface area (Å²) in [4.78, 5) is 15.3. The van der Waals surface area contributed by atoms with Crippen LogP contribution in [0.1, 0.15) is 47.6 Å². The minimum atomic E-state index is -0.922. The predicted molar refractivity (Wildman–Crippen MR) is 118 cm³/mol. The summed E-state index contributed by atoms with van der Waals surface area (Å²) >= 11 is 0. The fraction of sp³-hybridized carbons (Fsp3) is 0.360. The number of hydrogen-bond acceptors (Lipinski definition) is 5. The van der Waals surface area contributed by atoms with Crippen LogP contribution in [0.4, 0.5) is 0 Å². The van der Waals surface area contributed by atoms with Crippen molar-refractivity contribution in [3.63, 3.8) is 0 Å². The van der Waals surface area contributed by atoms with Crippen molar-refractivity contribution < 1.29 is 19.2 Å². The summed E-state index contributed by atoms with van der Waals surface area (Å²) < 4.78 is 10.6. The van der Waals surface area contributed by atoms with Crippen LogP contribution in [0, 0.1) is 5.92 Å². The summed E-state index contributed by atoms with van der Waals surface area (Å²) in [5.41, 5.74) is 2.89. The Labute approximate surface area is 182 Å². The monoisotopic (exact) mass is 420 g/mol. The van der Waals surface area contributed by atoms with Gasteiger partial charge in [0, 0.05) is 18.7 Å². The van der Waals surface area contributed by atoms with Crippen LogP contribution >= 0.6 is 0 Å². The summed E-state index contributed by atoms with van der Waals surface area (Å²) in [6.07, 6.45) is 2.02. The Balaban J connectivity index is 1.52. The molecule has 0 saturated carbocycles. The quantitative estimate of drug-likeness (QED) is 0.636. The van der Waals surface area contributed by atoms with Gasteiger partial charge in [0.25, 0.3) is 5.91 Å². The molecule has 0 aliphatic carbocycles. The first-order valence-electron chi connectivity index (χ1n) is 10.7. The molecule has 6 nitrogen and oxygen atoms in total. The van der Waals surface area contributed by atoms with Crippen molar-refractivity contribution in [2.45, 2.75) is 32.3 Å². The molecule has 1 saturated heterocycles. The molecule has 3 aromatic rings. The zero-order valence-corrected chi connectivity index (χ0v) is 18.0. The standard InChI is InChI=1S/C25H28N2O4/c1-17(28)24-22(23(26-31-24)20-8-10-21(30-2)11-9-20)25(29)27-14-12-19(13-15-27)16-18-6-4-3-5-7-18/h3-11,17,19,28H,12-16H2,1-2H3/t17-/m0/s1. The van der Waals surface area contributed by atoms with Gasteiger partial charge in [-0.25, -0.2) is 0 Å². The summed E-state index contributed by atoms with van der Waals surface area (Å²) in [7, 11) is 1.60. The number of piperidine rings is 1. The van der Waals surface area contributed by atoms with Crippen LogP contribution in [-0.4, -0.2) is 41.3 Å². The van der Waals surface area contributed by atoms with Gasteiger partial charge in [-0.15, -0.1) is 0 Å². The molecule has 31 heavy (non-hydrogen) atoms. The van der Waals surface area contributed by atoms with Gasteiger partial charge < -0.3 is 19.3 Å². The van der Waals surface area contributed by atoms with Crippen molar-refractivity contribution in [2.24, 2.45) is 5.92 Å². The van der Waals surface area contributed by atoms with Crippen LogP contribution in [0.2, 0.25) is 0 Å². The molecule has 1 aliphatic rings. The Morgan fingerprint density at radius 2 is 1.84 bits per heavy atom. The van der Waals surface area contributed by atoms with E-state index in [1.165, 1.54) is 5.56 Å². The highest BCUT2D eigenvalue weighted by Gasteiger charge is 2.32. The number of rotatable bonds is 6. The lowest BCUT2D eigenvalue weighted by molar-refractivity contribution is 0.0680. The molecule has 1 atom stereocenters. The molecule has 4 rings (SSSR count). The molecular weight excluding hydrogens is 392 g/mol. The van der Waals surface area contributed by atoms with Crippen LogP contribution < -0.4 is 4.74 Å². The van der Waals surface area contributed by atoms with E-state index in [9.17, 15) is 9.90 Å². The maximum absolute atomic E-state index is 13.5. The summed E-state index contributed by atoms with van der Waals surface area (Å²) in [5.74, 6) is 1.35. The third-order valence-corrected chi connectivity index (χ3v) is 5.94. The Bertz CT molecular complexity index is 1000. The second kappa shape index (κ2) is 9.35. The topological polar surface area (TPSA) is 75.8 Å². The van der Waals surface area contributed by atoms with Gasteiger partial charge in [-0.1, -0.05) is 35.5 Å². The molecular formula is C25H28N2O4. The zero-order chi connectivity index (χ0) is 21.8. The molecule has 162 valence electrons. The first kappa shape index (κ1) is 21.1. The fourth-order valence-corrected chi connectivity index (χ4v) is 4.19. The average Bonchev–Trinajstić information content (AvgIpc) is 3.25. The molecule has 2 aromatic carbocycles. The molecule has 2 heterocycles. The lowest BCUT2D eigenvalue weighted by Crippen LogP contribution is -2.39. The molecule has 1 aliphatic heterocycles. The van der Waals surface area contributed by atoms with E-state index in [0.717, 1.165) is 30.6 Å². The molecule has 0 spiro atoms. The lowest BCUT2D eigenvalue weighted by Gasteiger charge is -2.32. The molecule has 0 unspecified atom stereocenters. The average molecular weight is 421 g/mol. The Hall–Kier alpha value is -3.12. The highest BCUT2D eigenvalue weighted by Crippen LogP contribution is 2.32. The number of amides is 1. The number of benzene rings is 2. The van der Waals surface area contributed by atoms with Crippen LogP contribution in [0.3, 0.4) is 0 Å². The zero-order valence-electron chi connectivity index (χ0n) is 18.0. The Morgan fingerprint density at radius 1 is 1.16 bits per heavy atom. The van der Waals surface area contributed by atoms with Gasteiger partial charge in [0.1, 0.15) is 23.1 Å². The molecule has 1 fully saturated rings. The van der Waals surface area contributed by atoms with Crippen LogP contribution in [-0.2, 0) is 6.42 Å². The largest absolute Gasteiger partial charge is 0.497 e. The Kier molecular flexibility index (Phi) is 6.37. The van der Waals surface area contributed by atoms with E-state index >= 15 is 0 Å². The van der Waals surface area contributed by atoms with Gasteiger partial charge in [-0.2, -0.15) is 0 Å². The highest BCUT2D eigenvalue weighted by molar-refractivity contribution is 6.01. The fourth-order valence-electron chi connectivity index (χ4n) is 4.19. The van der Waals surface area contributed by atoms with E-state index in [4.69, 9.17) is 9.26 Å². The summed E-state index contributed by atoms with van der Waals surface area (Å²) in [5, 5.41) is 14.3. The number of likely N-dealkylation sites (tertiary alicyclic amines) is 1. The molecule has 6 heteroatoms. The molecule has 0 radical (unpaired) electrons. The van der Waals surface area contributed by atoms with Gasteiger partial charge >= 0.3 is 0 Å². The first-order valence-corrected chi connectivity index (χ1v) is 10.7. The number of aliphatic hydroxyl groups is 1. The van der Waals surface area contributed by atoms with Crippen molar-refractivity contribution in [3.8, 4) is 17.0 Å². The third-order valence-electron chi connectivity index (χ3n) is 5.94. The predicted octanol–water partition coefficient (Wildman–Crippen LogP) is 4.50. The number of methoxy groups -OCH3 is 1. The van der Waals surface area contributed by atoms with Gasteiger partial charge in [0.2, 0.25) is 0 Å². The number of carbonyl (C=O) groups excluding carboxylic acids is 1. The number of nitrogens with zero attached hydrogens (tertiary/aromatic N) is 2. The molecule has 1 amide bonds. The second-order valence-corrected chi connectivity index (χ2v) is 8.10. The van der Waals surface area contributed by atoms with E-state index in [0.29, 0.717) is 30.3 Å². The van der Waals surface area contributed by atoms with E-state index in [1.807, 2.05) is 35.2 Å². The normalized spacial score (nSPS) is 15.6. The minimum Gasteiger partial charge on any atom is -0.497 e. The van der Waals surface area contributed by atoms with Crippen LogP contribution in [0.15, 0.2) is 59.1 Å². The third kappa shape index (κ3) is 4.64. The van der Waals surface area contributed by atoms with Gasteiger partial charge in [-0.3, -0.25) is 4.79 Å². The van der Waals surface area contributed by atoms with Gasteiger partial charge in [0.15, 0.2) is 5.76 Å². The number of aromatic nitrogens is 1. The second-order valence-electron chi connectivity index (χ2n) is 8.10. The SMILES string of the molecule is COc1ccc(-c2noc([C@H](C)O)c2C(=O)N2CCC(Cc3ccccc3)CC2)cc1. The number of ether oxygens (including phenoxy) is 1. The van der Waals surface area contributed by atoms with Crippen LogP contribution in [0.25, 0.3) is 11.3 Å². The lowest BCUT2D eigenvalue weighted by atomic mass is 9.89. The highest BCUT2D eigenvalue weighted by atomic mass is 16.5. The van der Waals surface area contributed by atoms with Gasteiger partial charge in [-0.05, 0) is 61.9 Å². The number of aliphatic hydroxyl groups excluding tert-OH is 1. The van der Waals surface area contributed by atoms with Crippen molar-refractivity contribution >= 4 is 5.91 Å². The number of carbonyl (C=O) groups is 1. The maximum atomic E-state index is 13.5. The van der Waals surface area contributed by atoms with Crippen molar-refractivity contribution in [2.75, 3.05) is 20.2 Å². The van der Waals surface area contributed by atoms with Gasteiger partial charge in [0.05, 0.1) is 7.11 Å². The van der Waals surface area contributed by atoms with E-state index in [2.05, 4.69) is 29.4 Å². The molecule has 0 bridgehead atoms. The van der Waals surface area contributed by atoms with E-state index in [-0.39, 0.29) is 11.7 Å². The summed E-state index contributed by atoms with van der Waals surface area (Å²) in [6, 6.07) is 17.8. The van der Waals surface area contributed by atoms with Crippen molar-refractivity contribution in [3.05, 3.63) is 71.5 Å². The smallest absolute Gasteiger partial charge is 0.259 e. The van der Waals surface area contributed by atoms with E-state index in [1.54, 1.807) is 14.0 Å². The van der Waals surface area contributed by atoms with Crippen molar-refractivity contribution in [1.82, 2.24) is 10.1 Å². The van der Waals surface area contributed by atoms with Crippen molar-refractivity contribution in [1.29, 1.82) is 0 Å². The maximum Gasteiger partial charge on any atom is 0.259 e. The Morgan fingerprint density at radius 3 is 2.45 bits per heavy atom. The van der Waals surface area contributed by atoms with Crippen LogP contribution in [0.5, 0.6) is 5.75 Å². The van der Waals surface area contributed by atoms with E-state index < -0.39 is 6.10 Å².